The zero-order valence-corrected chi connectivity index (χ0v) is 22.9. The Labute approximate surface area is 233 Å². The number of amides is 1. The number of nitrogens with zero attached hydrogens (tertiary/aromatic N) is 4. The molecule has 5 rings (SSSR count). The Morgan fingerprint density at radius 2 is 2.02 bits per heavy atom. The maximum Gasteiger partial charge on any atom is 0.411 e. The van der Waals surface area contributed by atoms with E-state index in [0.717, 1.165) is 16.0 Å². The summed E-state index contributed by atoms with van der Waals surface area (Å²) in [5, 5.41) is 16.2. The number of fused-ring (bicyclic) bond motifs is 1. The van der Waals surface area contributed by atoms with Gasteiger partial charge >= 0.3 is 12.1 Å². The molecule has 0 saturated carbocycles. The number of anilines is 2. The van der Waals surface area contributed by atoms with E-state index in [1.807, 2.05) is 11.4 Å². The molecule has 0 radical (unpaired) electrons. The van der Waals surface area contributed by atoms with Crippen LogP contribution in [0.3, 0.4) is 0 Å². The average molecular weight is 566 g/mol. The summed E-state index contributed by atoms with van der Waals surface area (Å²) in [6, 6.07) is 8.53. The SMILES string of the molecule is CC(C)(C)OC(=O)N1CC[C@H](Oc2cc3nc(Nc4cccc(F)c4)ncc3cc2-c2nccs2)C[C@@H]1C(=O)O. The molecule has 2 aromatic heterocycles. The summed E-state index contributed by atoms with van der Waals surface area (Å²) in [5.41, 5.74) is 1.06. The van der Waals surface area contributed by atoms with Crippen LogP contribution in [0.25, 0.3) is 21.5 Å². The van der Waals surface area contributed by atoms with Crippen molar-refractivity contribution in [1.29, 1.82) is 0 Å². The molecule has 10 nitrogen and oxygen atoms in total. The molecular formula is C28H28FN5O5S. The lowest BCUT2D eigenvalue weighted by Crippen LogP contribution is -2.53. The molecule has 1 aliphatic heterocycles. The molecule has 1 fully saturated rings. The van der Waals surface area contributed by atoms with Gasteiger partial charge in [0, 0.05) is 54.3 Å². The molecule has 1 aliphatic rings. The number of carbonyl (C=O) groups is 2. The fourth-order valence-electron chi connectivity index (χ4n) is 4.43. The predicted octanol–water partition coefficient (Wildman–Crippen LogP) is 5.87. The van der Waals surface area contributed by atoms with Crippen LogP contribution >= 0.6 is 11.3 Å². The van der Waals surface area contributed by atoms with Crippen LogP contribution in [0.1, 0.15) is 33.6 Å². The first kappa shape index (κ1) is 27.3. The van der Waals surface area contributed by atoms with Gasteiger partial charge in [-0.2, -0.15) is 0 Å². The van der Waals surface area contributed by atoms with Crippen LogP contribution in [0, 0.1) is 5.82 Å². The molecule has 0 unspecified atom stereocenters. The Balaban J connectivity index is 1.43. The molecule has 0 aliphatic carbocycles. The maximum absolute atomic E-state index is 13.6. The summed E-state index contributed by atoms with van der Waals surface area (Å²) in [6.07, 6.45) is 2.69. The maximum atomic E-state index is 13.6. The first-order chi connectivity index (χ1) is 19.1. The number of benzene rings is 2. The number of carboxylic acid groups (broad SMARTS) is 1. The lowest BCUT2D eigenvalue weighted by atomic mass is 9.99. The van der Waals surface area contributed by atoms with E-state index < -0.39 is 29.8 Å². The molecule has 4 aromatic rings. The van der Waals surface area contributed by atoms with Crippen molar-refractivity contribution >= 4 is 45.9 Å². The first-order valence-corrected chi connectivity index (χ1v) is 13.6. The van der Waals surface area contributed by atoms with Gasteiger partial charge in [0.15, 0.2) is 0 Å². The summed E-state index contributed by atoms with van der Waals surface area (Å²) >= 11 is 1.44. The number of hydrogen-bond acceptors (Lipinski definition) is 9. The Morgan fingerprint density at radius 1 is 1.20 bits per heavy atom. The largest absolute Gasteiger partial charge is 0.489 e. The second-order valence-corrected chi connectivity index (χ2v) is 11.3. The first-order valence-electron chi connectivity index (χ1n) is 12.7. The number of rotatable bonds is 6. The number of aromatic nitrogens is 3. The van der Waals surface area contributed by atoms with Crippen LogP contribution in [0.5, 0.6) is 5.75 Å². The molecule has 2 aromatic carbocycles. The van der Waals surface area contributed by atoms with Crippen molar-refractivity contribution < 1.29 is 28.6 Å². The molecule has 2 atom stereocenters. The van der Waals surface area contributed by atoms with Gasteiger partial charge < -0.3 is 19.9 Å². The number of hydrogen-bond donors (Lipinski definition) is 2. The van der Waals surface area contributed by atoms with Crippen LogP contribution in [0.4, 0.5) is 20.8 Å². The van der Waals surface area contributed by atoms with E-state index in [1.54, 1.807) is 51.4 Å². The Bertz CT molecular complexity index is 1540. The highest BCUT2D eigenvalue weighted by Gasteiger charge is 2.39. The van der Waals surface area contributed by atoms with E-state index in [-0.39, 0.29) is 24.7 Å². The van der Waals surface area contributed by atoms with Crippen molar-refractivity contribution in [2.75, 3.05) is 11.9 Å². The van der Waals surface area contributed by atoms with E-state index in [2.05, 4.69) is 20.3 Å². The highest BCUT2D eigenvalue weighted by atomic mass is 32.1. The van der Waals surface area contributed by atoms with Crippen molar-refractivity contribution in [2.24, 2.45) is 0 Å². The van der Waals surface area contributed by atoms with Gasteiger partial charge in [-0.05, 0) is 45.0 Å². The molecule has 1 amide bonds. The number of carbonyl (C=O) groups excluding carboxylic acids is 1. The number of carboxylic acids is 1. The molecular weight excluding hydrogens is 537 g/mol. The Kier molecular flexibility index (Phi) is 7.53. The fraction of sp³-hybridized carbons (Fsp3) is 0.321. The average Bonchev–Trinajstić information content (AvgIpc) is 3.42. The van der Waals surface area contributed by atoms with E-state index in [0.29, 0.717) is 23.4 Å². The van der Waals surface area contributed by atoms with Gasteiger partial charge in [0.25, 0.3) is 0 Å². The smallest absolute Gasteiger partial charge is 0.411 e. The van der Waals surface area contributed by atoms with Gasteiger partial charge in [0.2, 0.25) is 5.95 Å². The van der Waals surface area contributed by atoms with Gasteiger partial charge in [-0.1, -0.05) is 6.07 Å². The quantitative estimate of drug-likeness (QED) is 0.295. The molecule has 0 bridgehead atoms. The number of thiazole rings is 1. The lowest BCUT2D eigenvalue weighted by Gasteiger charge is -2.37. The molecule has 208 valence electrons. The minimum atomic E-state index is -1.13. The summed E-state index contributed by atoms with van der Waals surface area (Å²) in [7, 11) is 0. The van der Waals surface area contributed by atoms with E-state index in [9.17, 15) is 19.1 Å². The minimum Gasteiger partial charge on any atom is -0.489 e. The van der Waals surface area contributed by atoms with Gasteiger partial charge in [0.1, 0.15) is 34.3 Å². The normalized spacial score (nSPS) is 17.4. The topological polar surface area (TPSA) is 127 Å². The molecule has 0 spiro atoms. The molecule has 12 heteroatoms. The predicted molar refractivity (Wildman–Crippen MR) is 148 cm³/mol. The van der Waals surface area contributed by atoms with Crippen molar-refractivity contribution in [3.63, 3.8) is 0 Å². The summed E-state index contributed by atoms with van der Waals surface area (Å²) in [5.74, 6) is -0.744. The fourth-order valence-corrected chi connectivity index (χ4v) is 5.09. The number of piperidine rings is 1. The second kappa shape index (κ2) is 11.0. The van der Waals surface area contributed by atoms with Crippen molar-refractivity contribution in [3.8, 4) is 16.3 Å². The van der Waals surface area contributed by atoms with E-state index >= 15 is 0 Å². The third-order valence-corrected chi connectivity index (χ3v) is 6.99. The molecule has 40 heavy (non-hydrogen) atoms. The summed E-state index contributed by atoms with van der Waals surface area (Å²) in [4.78, 5) is 39.4. The van der Waals surface area contributed by atoms with Crippen LogP contribution in [0.15, 0.2) is 54.2 Å². The van der Waals surface area contributed by atoms with Crippen LogP contribution < -0.4 is 10.1 Å². The third-order valence-electron chi connectivity index (χ3n) is 6.19. The number of ether oxygens (including phenoxy) is 2. The van der Waals surface area contributed by atoms with Crippen LogP contribution in [-0.4, -0.2) is 61.3 Å². The van der Waals surface area contributed by atoms with Gasteiger partial charge in [-0.15, -0.1) is 11.3 Å². The molecule has 3 heterocycles. The van der Waals surface area contributed by atoms with Crippen LogP contribution in [-0.2, 0) is 9.53 Å². The highest BCUT2D eigenvalue weighted by molar-refractivity contribution is 7.13. The van der Waals surface area contributed by atoms with Gasteiger partial charge in [0.05, 0.1) is 11.1 Å². The number of nitrogens with one attached hydrogen (secondary N) is 1. The van der Waals surface area contributed by atoms with Gasteiger partial charge in [-0.25, -0.2) is 28.9 Å². The number of likely N-dealkylation sites (tertiary alicyclic amines) is 1. The number of halogens is 1. The number of aliphatic carboxylic acids is 1. The Morgan fingerprint density at radius 3 is 2.73 bits per heavy atom. The van der Waals surface area contributed by atoms with Crippen molar-refractivity contribution in [2.45, 2.75) is 51.4 Å². The van der Waals surface area contributed by atoms with Gasteiger partial charge in [-0.3, -0.25) is 4.90 Å². The van der Waals surface area contributed by atoms with E-state index in [1.165, 1.54) is 28.4 Å². The highest BCUT2D eigenvalue weighted by Crippen LogP contribution is 2.37. The molecule has 2 N–H and O–H groups in total. The standard InChI is InChI=1S/C28H28FN5O5S/c1-28(2,3)39-27(37)34-9-7-19(13-22(34)25(35)36)38-23-14-21-16(11-20(23)24-30-8-10-40-24)15-31-26(33-21)32-18-6-4-5-17(29)12-18/h4-6,8,10-12,14-15,19,22H,7,9,13H2,1-3H3,(H,35,36)(H,31,32,33)/t19-,22+/m0/s1. The van der Waals surface area contributed by atoms with Crippen molar-refractivity contribution in [3.05, 3.63) is 60.0 Å². The zero-order valence-electron chi connectivity index (χ0n) is 22.1. The monoisotopic (exact) mass is 565 g/mol. The van der Waals surface area contributed by atoms with Crippen molar-refractivity contribution in [1.82, 2.24) is 19.9 Å². The summed E-state index contributed by atoms with van der Waals surface area (Å²) < 4.78 is 25.4. The molecule has 1 saturated heterocycles. The minimum absolute atomic E-state index is 0.0834. The third kappa shape index (κ3) is 6.28. The lowest BCUT2D eigenvalue weighted by molar-refractivity contribution is -0.145. The second-order valence-electron chi connectivity index (χ2n) is 10.4. The summed E-state index contributed by atoms with van der Waals surface area (Å²) in [6.45, 7) is 5.37. The van der Waals surface area contributed by atoms with Crippen LogP contribution in [0.2, 0.25) is 0 Å². The van der Waals surface area contributed by atoms with E-state index in [4.69, 9.17) is 9.47 Å². The Hall–Kier alpha value is -4.32. The zero-order chi connectivity index (χ0) is 28.4.